The topological polar surface area (TPSA) is 68.2 Å². The Morgan fingerprint density at radius 2 is 0.933 bits per heavy atom. The quantitative estimate of drug-likeness (QED) is 0.147. The largest absolute Gasteiger partial charge is 0.398 e. The highest BCUT2D eigenvalue weighted by molar-refractivity contribution is 5.71. The fourth-order valence-electron chi connectivity index (χ4n) is 5.09. The molecule has 2 aromatic carbocycles. The Hall–Kier alpha value is -4.70. The zero-order valence-corrected chi connectivity index (χ0v) is 25.9. The maximum atomic E-state index is 5.97. The SMILES string of the molecule is C[n+]1c(C=C2C=CN(CCOCCOCCOCCN3C=CC(=Cc4oc5ccccc5[n+]4C)C=C3)C=C2)oc2ccccc21. The zero-order chi connectivity index (χ0) is 30.8. The summed E-state index contributed by atoms with van der Waals surface area (Å²) in [5.74, 6) is 1.63. The predicted molar refractivity (Wildman–Crippen MR) is 173 cm³/mol. The number of para-hydroxylation sites is 4. The van der Waals surface area contributed by atoms with E-state index in [2.05, 4.69) is 80.2 Å². The molecule has 45 heavy (non-hydrogen) atoms. The summed E-state index contributed by atoms with van der Waals surface area (Å²) in [5.41, 5.74) is 6.07. The fourth-order valence-corrected chi connectivity index (χ4v) is 5.09. The molecule has 6 rings (SSSR count). The molecular formula is C36H40N4O5+2. The second-order valence-corrected chi connectivity index (χ2v) is 10.8. The van der Waals surface area contributed by atoms with Gasteiger partial charge in [0.15, 0.2) is 0 Å². The highest BCUT2D eigenvalue weighted by Gasteiger charge is 2.18. The molecule has 9 nitrogen and oxygen atoms in total. The third-order valence-corrected chi connectivity index (χ3v) is 7.69. The van der Waals surface area contributed by atoms with Gasteiger partial charge in [-0.25, -0.2) is 0 Å². The van der Waals surface area contributed by atoms with E-state index < -0.39 is 0 Å². The molecule has 4 aromatic rings. The summed E-state index contributed by atoms with van der Waals surface area (Å²) in [6.07, 6.45) is 20.6. The van der Waals surface area contributed by atoms with Crippen LogP contribution in [0.1, 0.15) is 11.8 Å². The number of allylic oxidation sites excluding steroid dienone is 6. The van der Waals surface area contributed by atoms with E-state index in [1.807, 2.05) is 62.6 Å². The number of rotatable bonds is 14. The summed E-state index contributed by atoms with van der Waals surface area (Å²) in [6.45, 7) is 5.00. The third-order valence-electron chi connectivity index (χ3n) is 7.69. The number of oxazole rings is 2. The van der Waals surface area contributed by atoms with E-state index in [0.717, 1.165) is 58.2 Å². The zero-order valence-electron chi connectivity index (χ0n) is 25.9. The lowest BCUT2D eigenvalue weighted by Crippen LogP contribution is -2.29. The maximum absolute atomic E-state index is 5.97. The molecule has 0 fully saturated rings. The van der Waals surface area contributed by atoms with Gasteiger partial charge in [-0.3, -0.25) is 0 Å². The molecule has 232 valence electrons. The molecule has 0 saturated carbocycles. The van der Waals surface area contributed by atoms with E-state index in [9.17, 15) is 0 Å². The molecule has 0 saturated heterocycles. The van der Waals surface area contributed by atoms with Gasteiger partial charge in [-0.05, 0) is 47.6 Å². The number of aromatic nitrogens is 2. The maximum Gasteiger partial charge on any atom is 0.374 e. The Bertz CT molecular complexity index is 1630. The Balaban J connectivity index is 0.791. The van der Waals surface area contributed by atoms with Gasteiger partial charge in [0.2, 0.25) is 11.2 Å². The monoisotopic (exact) mass is 608 g/mol. The smallest absolute Gasteiger partial charge is 0.374 e. The van der Waals surface area contributed by atoms with Crippen LogP contribution < -0.4 is 9.13 Å². The van der Waals surface area contributed by atoms with E-state index in [1.54, 1.807) is 0 Å². The molecule has 4 heterocycles. The number of ether oxygens (including phenoxy) is 3. The molecule has 9 heteroatoms. The van der Waals surface area contributed by atoms with Gasteiger partial charge >= 0.3 is 11.8 Å². The van der Waals surface area contributed by atoms with Crippen molar-refractivity contribution in [1.29, 1.82) is 0 Å². The van der Waals surface area contributed by atoms with Crippen molar-refractivity contribution < 1.29 is 32.2 Å². The first kappa shape index (κ1) is 30.3. The standard InChI is InChI=1S/C36H40N4O5/c1-37-31-7-3-5-9-33(31)44-35(37)27-29-11-15-39(16-12-29)19-21-41-23-25-43-26-24-42-22-20-40-17-13-30(14-18-40)28-36-38(2)32-8-4-6-10-34(32)45-36/h3-18,27-28H,19-26H2,1-2H3/q+2. The van der Waals surface area contributed by atoms with Crippen LogP contribution >= 0.6 is 0 Å². The van der Waals surface area contributed by atoms with Crippen LogP contribution in [0.5, 0.6) is 0 Å². The van der Waals surface area contributed by atoms with E-state index in [1.165, 1.54) is 0 Å². The Labute approximate surface area is 263 Å². The van der Waals surface area contributed by atoms with Crippen molar-refractivity contribution in [2.24, 2.45) is 14.1 Å². The Kier molecular flexibility index (Phi) is 10.0. The lowest BCUT2D eigenvalue weighted by Gasteiger charge is -2.18. The van der Waals surface area contributed by atoms with E-state index >= 15 is 0 Å². The van der Waals surface area contributed by atoms with Gasteiger partial charge in [-0.1, -0.05) is 24.3 Å². The van der Waals surface area contributed by atoms with Gasteiger partial charge < -0.3 is 32.8 Å². The minimum atomic E-state index is 0.548. The van der Waals surface area contributed by atoms with Gasteiger partial charge in [0.05, 0.1) is 51.8 Å². The van der Waals surface area contributed by atoms with Crippen molar-refractivity contribution in [3.05, 3.63) is 121 Å². The molecular weight excluding hydrogens is 568 g/mol. The molecule has 2 aliphatic heterocycles. The Morgan fingerprint density at radius 3 is 1.33 bits per heavy atom. The molecule has 0 spiro atoms. The highest BCUT2D eigenvalue weighted by atomic mass is 16.5. The minimum absolute atomic E-state index is 0.548. The third kappa shape index (κ3) is 7.88. The summed E-state index contributed by atoms with van der Waals surface area (Å²) in [6, 6.07) is 16.1. The van der Waals surface area contributed by atoms with Crippen LogP contribution in [-0.2, 0) is 28.3 Å². The van der Waals surface area contributed by atoms with Crippen molar-refractivity contribution in [1.82, 2.24) is 9.80 Å². The van der Waals surface area contributed by atoms with E-state index in [-0.39, 0.29) is 0 Å². The van der Waals surface area contributed by atoms with Crippen LogP contribution in [-0.4, -0.2) is 62.5 Å². The van der Waals surface area contributed by atoms with Crippen LogP contribution in [0.2, 0.25) is 0 Å². The number of benzene rings is 2. The molecule has 0 bridgehead atoms. The molecule has 2 aliphatic rings. The second kappa shape index (κ2) is 14.9. The first-order valence-electron chi connectivity index (χ1n) is 15.3. The van der Waals surface area contributed by atoms with Gasteiger partial charge in [0.1, 0.15) is 14.1 Å². The average Bonchev–Trinajstić information content (AvgIpc) is 3.56. The van der Waals surface area contributed by atoms with Crippen molar-refractivity contribution in [3.8, 4) is 0 Å². The molecule has 0 radical (unpaired) electrons. The summed E-state index contributed by atoms with van der Waals surface area (Å²) in [5, 5.41) is 0. The predicted octanol–water partition coefficient (Wildman–Crippen LogP) is 5.03. The van der Waals surface area contributed by atoms with Crippen LogP contribution in [0.4, 0.5) is 0 Å². The number of aryl methyl sites for hydroxylation is 2. The molecule has 0 N–H and O–H groups in total. The van der Waals surface area contributed by atoms with Gasteiger partial charge in [-0.2, -0.15) is 9.13 Å². The molecule has 0 aliphatic carbocycles. The summed E-state index contributed by atoms with van der Waals surface area (Å²) >= 11 is 0. The fraction of sp³-hybridized carbons (Fsp3) is 0.278. The summed E-state index contributed by atoms with van der Waals surface area (Å²) in [7, 11) is 4.03. The lowest BCUT2D eigenvalue weighted by atomic mass is 10.2. The average molecular weight is 609 g/mol. The van der Waals surface area contributed by atoms with E-state index in [0.29, 0.717) is 39.6 Å². The summed E-state index contributed by atoms with van der Waals surface area (Å²) < 4.78 is 33.2. The minimum Gasteiger partial charge on any atom is -0.398 e. The van der Waals surface area contributed by atoms with Crippen LogP contribution in [0.15, 0.2) is 118 Å². The van der Waals surface area contributed by atoms with Crippen molar-refractivity contribution >= 4 is 34.4 Å². The van der Waals surface area contributed by atoms with Crippen LogP contribution in [0, 0.1) is 0 Å². The van der Waals surface area contributed by atoms with Gasteiger partial charge in [0, 0.05) is 50.0 Å². The van der Waals surface area contributed by atoms with E-state index in [4.69, 9.17) is 23.0 Å². The second-order valence-electron chi connectivity index (χ2n) is 10.8. The number of hydrogen-bond acceptors (Lipinski definition) is 7. The number of hydrogen-bond donors (Lipinski definition) is 0. The first-order chi connectivity index (χ1) is 22.1. The van der Waals surface area contributed by atoms with Crippen LogP contribution in [0.25, 0.3) is 34.4 Å². The van der Waals surface area contributed by atoms with Crippen molar-refractivity contribution in [2.45, 2.75) is 0 Å². The lowest BCUT2D eigenvalue weighted by molar-refractivity contribution is -0.652. The molecule has 2 aromatic heterocycles. The van der Waals surface area contributed by atoms with Crippen LogP contribution in [0.3, 0.4) is 0 Å². The van der Waals surface area contributed by atoms with Gasteiger partial charge in [0.25, 0.3) is 11.0 Å². The van der Waals surface area contributed by atoms with Gasteiger partial charge in [-0.15, -0.1) is 0 Å². The van der Waals surface area contributed by atoms with Crippen molar-refractivity contribution in [3.63, 3.8) is 0 Å². The molecule has 0 amide bonds. The normalized spacial score (nSPS) is 14.4. The first-order valence-corrected chi connectivity index (χ1v) is 15.3. The summed E-state index contributed by atoms with van der Waals surface area (Å²) in [4.78, 5) is 4.21. The highest BCUT2D eigenvalue weighted by Crippen LogP contribution is 2.19. The van der Waals surface area contributed by atoms with Crippen molar-refractivity contribution in [2.75, 3.05) is 52.7 Å². The number of fused-ring (bicyclic) bond motifs is 2. The number of nitrogens with zero attached hydrogens (tertiary/aromatic N) is 4. The molecule has 0 atom stereocenters. The molecule has 0 unspecified atom stereocenters. The Morgan fingerprint density at radius 1 is 0.556 bits per heavy atom.